The van der Waals surface area contributed by atoms with Crippen molar-refractivity contribution in [2.75, 3.05) is 52.5 Å². The lowest BCUT2D eigenvalue weighted by Gasteiger charge is -2.34. The largest absolute Gasteiger partial charge is 0.390 e. The molecule has 0 radical (unpaired) electrons. The molecule has 1 fully saturated rings. The Labute approximate surface area is 196 Å². The Kier molecular flexibility index (Phi) is 7.07. The molecular formula is C27H35N3O3. The molecule has 6 heteroatoms. The number of fused-ring (bicyclic) bond motifs is 2. The predicted octanol–water partition coefficient (Wildman–Crippen LogP) is 2.33. The molecule has 176 valence electrons. The van der Waals surface area contributed by atoms with E-state index in [1.807, 2.05) is 11.0 Å². The Morgan fingerprint density at radius 3 is 2.64 bits per heavy atom. The molecule has 0 spiro atoms. The molecule has 0 bridgehead atoms. The molecular weight excluding hydrogens is 414 g/mol. The number of carbonyl (C=O) groups is 1. The summed E-state index contributed by atoms with van der Waals surface area (Å²) in [6, 6.07) is 14.8. The zero-order valence-electron chi connectivity index (χ0n) is 19.4. The standard InChI is InChI=1S/C27H35N3O3/c31-25(19-29-11-8-22-4-1-2-5-24(22)18-29)20-30-12-9-23-16-21(6-7-26(23)27(30)32)17-28-10-3-14-33-15-13-28/h1-2,4-7,16,25,31H,3,8-15,17-20H2. The third-order valence-electron chi connectivity index (χ3n) is 7.17. The third-order valence-corrected chi connectivity index (χ3v) is 7.17. The van der Waals surface area contributed by atoms with Crippen LogP contribution in [0.4, 0.5) is 0 Å². The van der Waals surface area contributed by atoms with Gasteiger partial charge < -0.3 is 14.7 Å². The topological polar surface area (TPSA) is 56.3 Å². The number of amides is 1. The fraction of sp³-hybridized carbons (Fsp3) is 0.519. The van der Waals surface area contributed by atoms with Gasteiger partial charge in [0.25, 0.3) is 5.91 Å². The predicted molar refractivity (Wildman–Crippen MR) is 128 cm³/mol. The summed E-state index contributed by atoms with van der Waals surface area (Å²) in [6.45, 7) is 8.07. The van der Waals surface area contributed by atoms with Gasteiger partial charge in [0.05, 0.1) is 12.7 Å². The SMILES string of the molecule is O=C1c2ccc(CN3CCCOCC3)cc2CCN1CC(O)CN1CCc2ccccc2C1. The van der Waals surface area contributed by atoms with E-state index in [2.05, 4.69) is 46.2 Å². The van der Waals surface area contributed by atoms with E-state index in [1.54, 1.807) is 0 Å². The summed E-state index contributed by atoms with van der Waals surface area (Å²) in [6.07, 6.45) is 2.41. The van der Waals surface area contributed by atoms with Crippen LogP contribution in [0.15, 0.2) is 42.5 Å². The molecule has 1 atom stereocenters. The van der Waals surface area contributed by atoms with Crippen molar-refractivity contribution in [2.45, 2.75) is 38.5 Å². The Hall–Kier alpha value is -2.25. The third kappa shape index (κ3) is 5.46. The van der Waals surface area contributed by atoms with Gasteiger partial charge in [-0.2, -0.15) is 0 Å². The fourth-order valence-electron chi connectivity index (χ4n) is 5.40. The first-order chi connectivity index (χ1) is 16.2. The molecule has 5 rings (SSSR count). The van der Waals surface area contributed by atoms with Gasteiger partial charge in [0.1, 0.15) is 0 Å². The van der Waals surface area contributed by atoms with Crippen molar-refractivity contribution in [3.05, 3.63) is 70.3 Å². The summed E-state index contributed by atoms with van der Waals surface area (Å²) in [4.78, 5) is 19.7. The lowest BCUT2D eigenvalue weighted by atomic mass is 9.96. The van der Waals surface area contributed by atoms with E-state index in [-0.39, 0.29) is 5.91 Å². The van der Waals surface area contributed by atoms with Gasteiger partial charge in [-0.3, -0.25) is 14.6 Å². The van der Waals surface area contributed by atoms with Crippen LogP contribution >= 0.6 is 0 Å². The van der Waals surface area contributed by atoms with Gasteiger partial charge >= 0.3 is 0 Å². The Bertz CT molecular complexity index is 971. The second kappa shape index (κ2) is 10.3. The molecule has 0 saturated carbocycles. The number of hydrogen-bond donors (Lipinski definition) is 1. The van der Waals surface area contributed by atoms with Crippen LogP contribution < -0.4 is 0 Å². The molecule has 2 aromatic rings. The van der Waals surface area contributed by atoms with E-state index in [9.17, 15) is 9.90 Å². The molecule has 1 N–H and O–H groups in total. The van der Waals surface area contributed by atoms with Crippen molar-refractivity contribution < 1.29 is 14.6 Å². The summed E-state index contributed by atoms with van der Waals surface area (Å²) < 4.78 is 5.56. The number of hydrogen-bond acceptors (Lipinski definition) is 5. The molecule has 3 heterocycles. The zero-order chi connectivity index (χ0) is 22.6. The van der Waals surface area contributed by atoms with Gasteiger partial charge in [-0.1, -0.05) is 36.4 Å². The fourth-order valence-corrected chi connectivity index (χ4v) is 5.40. The quantitative estimate of drug-likeness (QED) is 0.734. The normalized spacial score (nSPS) is 20.8. The number of nitrogens with zero attached hydrogens (tertiary/aromatic N) is 3. The van der Waals surface area contributed by atoms with E-state index in [4.69, 9.17) is 4.74 Å². The minimum absolute atomic E-state index is 0.0500. The van der Waals surface area contributed by atoms with Crippen LogP contribution in [-0.2, 0) is 30.7 Å². The Morgan fingerprint density at radius 2 is 1.73 bits per heavy atom. The number of benzene rings is 2. The second-order valence-corrected chi connectivity index (χ2v) is 9.64. The van der Waals surface area contributed by atoms with E-state index >= 15 is 0 Å². The van der Waals surface area contributed by atoms with E-state index < -0.39 is 6.10 Å². The van der Waals surface area contributed by atoms with Crippen LogP contribution in [0.3, 0.4) is 0 Å². The summed E-state index contributed by atoms with van der Waals surface area (Å²) in [5.41, 5.74) is 5.96. The summed E-state index contributed by atoms with van der Waals surface area (Å²) >= 11 is 0. The van der Waals surface area contributed by atoms with Crippen molar-refractivity contribution in [3.63, 3.8) is 0 Å². The maximum atomic E-state index is 13.1. The van der Waals surface area contributed by atoms with Crippen LogP contribution in [0.1, 0.15) is 39.0 Å². The number of aliphatic hydroxyl groups excluding tert-OH is 1. The monoisotopic (exact) mass is 449 g/mol. The van der Waals surface area contributed by atoms with Gasteiger partial charge in [-0.25, -0.2) is 0 Å². The highest BCUT2D eigenvalue weighted by Crippen LogP contribution is 2.23. The average Bonchev–Trinajstić information content (AvgIpc) is 3.09. The van der Waals surface area contributed by atoms with Crippen LogP contribution in [-0.4, -0.2) is 84.3 Å². The highest BCUT2D eigenvalue weighted by Gasteiger charge is 2.27. The lowest BCUT2D eigenvalue weighted by molar-refractivity contribution is 0.0492. The minimum atomic E-state index is -0.537. The van der Waals surface area contributed by atoms with Gasteiger partial charge in [-0.15, -0.1) is 0 Å². The molecule has 3 aliphatic heterocycles. The summed E-state index contributed by atoms with van der Waals surface area (Å²) in [5, 5.41) is 10.8. The number of aliphatic hydroxyl groups is 1. The van der Waals surface area contributed by atoms with Gasteiger partial charge in [0.15, 0.2) is 0 Å². The van der Waals surface area contributed by atoms with Crippen molar-refractivity contribution in [1.29, 1.82) is 0 Å². The van der Waals surface area contributed by atoms with Gasteiger partial charge in [0.2, 0.25) is 0 Å². The molecule has 0 aliphatic carbocycles. The number of β-amino-alcohol motifs (C(OH)–C–C–N with tert-alkyl or cyclic N) is 1. The molecule has 1 saturated heterocycles. The van der Waals surface area contributed by atoms with Crippen molar-refractivity contribution in [2.24, 2.45) is 0 Å². The van der Waals surface area contributed by atoms with Gasteiger partial charge in [0, 0.05) is 64.5 Å². The van der Waals surface area contributed by atoms with Crippen LogP contribution in [0.25, 0.3) is 0 Å². The first kappa shape index (κ1) is 22.5. The maximum Gasteiger partial charge on any atom is 0.254 e. The second-order valence-electron chi connectivity index (χ2n) is 9.64. The molecule has 0 aromatic heterocycles. The Morgan fingerprint density at radius 1 is 0.879 bits per heavy atom. The maximum absolute atomic E-state index is 13.1. The Balaban J connectivity index is 1.16. The highest BCUT2D eigenvalue weighted by atomic mass is 16.5. The number of rotatable bonds is 6. The number of carbonyl (C=O) groups excluding carboxylic acids is 1. The van der Waals surface area contributed by atoms with Crippen LogP contribution in [0.2, 0.25) is 0 Å². The average molecular weight is 450 g/mol. The number of ether oxygens (including phenoxy) is 1. The van der Waals surface area contributed by atoms with Crippen molar-refractivity contribution in [3.8, 4) is 0 Å². The van der Waals surface area contributed by atoms with E-state index in [1.165, 1.54) is 16.7 Å². The van der Waals surface area contributed by atoms with Crippen LogP contribution in [0, 0.1) is 0 Å². The van der Waals surface area contributed by atoms with E-state index in [0.717, 1.165) is 76.3 Å². The molecule has 1 amide bonds. The molecule has 2 aromatic carbocycles. The highest BCUT2D eigenvalue weighted by molar-refractivity contribution is 5.96. The summed E-state index contributed by atoms with van der Waals surface area (Å²) in [5.74, 6) is 0.0500. The van der Waals surface area contributed by atoms with Crippen molar-refractivity contribution in [1.82, 2.24) is 14.7 Å². The molecule has 3 aliphatic rings. The zero-order valence-corrected chi connectivity index (χ0v) is 19.4. The van der Waals surface area contributed by atoms with Gasteiger partial charge in [-0.05, 0) is 47.6 Å². The molecule has 33 heavy (non-hydrogen) atoms. The summed E-state index contributed by atoms with van der Waals surface area (Å²) in [7, 11) is 0. The first-order valence-corrected chi connectivity index (χ1v) is 12.3. The molecule has 6 nitrogen and oxygen atoms in total. The van der Waals surface area contributed by atoms with Crippen LogP contribution in [0.5, 0.6) is 0 Å². The van der Waals surface area contributed by atoms with Crippen molar-refractivity contribution >= 4 is 5.91 Å². The molecule has 1 unspecified atom stereocenters. The smallest absolute Gasteiger partial charge is 0.254 e. The minimum Gasteiger partial charge on any atom is -0.390 e. The first-order valence-electron chi connectivity index (χ1n) is 12.3. The van der Waals surface area contributed by atoms with E-state index in [0.29, 0.717) is 19.6 Å². The lowest BCUT2D eigenvalue weighted by Crippen LogP contribution is -2.46.